The zero-order valence-corrected chi connectivity index (χ0v) is 7.21. The van der Waals surface area contributed by atoms with Crippen LogP contribution in [0, 0.1) is 18.2 Å². The van der Waals surface area contributed by atoms with Crippen molar-refractivity contribution in [1.29, 1.82) is 5.41 Å². The Morgan fingerprint density at radius 1 is 1.54 bits per heavy atom. The summed E-state index contributed by atoms with van der Waals surface area (Å²) < 4.78 is 13.2. The van der Waals surface area contributed by atoms with Crippen molar-refractivity contribution in [3.8, 4) is 0 Å². The SMILES string of the molecule is Cc1cccc(N/N=C\C=N)c1F. The second kappa shape index (κ2) is 4.35. The van der Waals surface area contributed by atoms with E-state index < -0.39 is 0 Å². The standard InChI is InChI=1S/C9H10FN3/c1-7-3-2-4-8(9(7)10)13-12-6-5-11/h2-6,11,13H,1H3/b11-5?,12-6-. The van der Waals surface area contributed by atoms with Gasteiger partial charge in [0.25, 0.3) is 0 Å². The molecule has 0 spiro atoms. The van der Waals surface area contributed by atoms with Gasteiger partial charge in [0.1, 0.15) is 0 Å². The molecule has 3 nitrogen and oxygen atoms in total. The van der Waals surface area contributed by atoms with Crippen molar-refractivity contribution in [3.05, 3.63) is 29.6 Å². The van der Waals surface area contributed by atoms with E-state index in [4.69, 9.17) is 5.41 Å². The lowest BCUT2D eigenvalue weighted by molar-refractivity contribution is 0.621. The molecular formula is C9H10FN3. The number of halogens is 1. The van der Waals surface area contributed by atoms with E-state index in [1.54, 1.807) is 25.1 Å². The molecule has 0 aromatic heterocycles. The number of anilines is 1. The molecule has 0 aliphatic carbocycles. The minimum Gasteiger partial charge on any atom is -0.307 e. The quantitative estimate of drug-likeness (QED) is 0.542. The van der Waals surface area contributed by atoms with Crippen molar-refractivity contribution in [2.45, 2.75) is 6.92 Å². The minimum absolute atomic E-state index is 0.315. The molecule has 0 saturated heterocycles. The Morgan fingerprint density at radius 2 is 2.31 bits per heavy atom. The van der Waals surface area contributed by atoms with Crippen LogP contribution in [-0.4, -0.2) is 12.4 Å². The Morgan fingerprint density at radius 3 is 3.00 bits per heavy atom. The van der Waals surface area contributed by atoms with E-state index in [-0.39, 0.29) is 5.82 Å². The molecular weight excluding hydrogens is 169 g/mol. The van der Waals surface area contributed by atoms with Crippen molar-refractivity contribution in [2.24, 2.45) is 5.10 Å². The molecule has 1 aromatic rings. The molecule has 0 heterocycles. The number of aryl methyl sites for hydroxylation is 1. The molecule has 0 radical (unpaired) electrons. The fourth-order valence-corrected chi connectivity index (χ4v) is 0.878. The molecule has 0 fully saturated rings. The topological polar surface area (TPSA) is 48.2 Å². The van der Waals surface area contributed by atoms with Gasteiger partial charge in [-0.05, 0) is 18.6 Å². The predicted octanol–water partition coefficient (Wildman–Crippen LogP) is 2.18. The highest BCUT2D eigenvalue weighted by atomic mass is 19.1. The first-order chi connectivity index (χ1) is 6.25. The molecule has 68 valence electrons. The summed E-state index contributed by atoms with van der Waals surface area (Å²) in [5.74, 6) is -0.315. The summed E-state index contributed by atoms with van der Waals surface area (Å²) in [7, 11) is 0. The van der Waals surface area contributed by atoms with Gasteiger partial charge in [-0.15, -0.1) is 0 Å². The molecule has 0 bridgehead atoms. The van der Waals surface area contributed by atoms with E-state index in [2.05, 4.69) is 10.5 Å². The lowest BCUT2D eigenvalue weighted by Gasteiger charge is -2.02. The summed E-state index contributed by atoms with van der Waals surface area (Å²) in [5.41, 5.74) is 3.38. The van der Waals surface area contributed by atoms with Crippen molar-refractivity contribution in [1.82, 2.24) is 0 Å². The molecule has 13 heavy (non-hydrogen) atoms. The molecule has 0 aliphatic heterocycles. The first kappa shape index (κ1) is 9.38. The van der Waals surface area contributed by atoms with Gasteiger partial charge in [0, 0.05) is 6.21 Å². The average Bonchev–Trinajstić information content (AvgIpc) is 2.13. The van der Waals surface area contributed by atoms with E-state index >= 15 is 0 Å². The van der Waals surface area contributed by atoms with Gasteiger partial charge in [0.15, 0.2) is 5.82 Å². The molecule has 0 amide bonds. The van der Waals surface area contributed by atoms with E-state index in [1.165, 1.54) is 6.21 Å². The Bertz CT molecular complexity index is 334. The zero-order chi connectivity index (χ0) is 9.68. The minimum atomic E-state index is -0.315. The summed E-state index contributed by atoms with van der Waals surface area (Å²) in [5, 5.41) is 10.3. The number of nitrogens with one attached hydrogen (secondary N) is 2. The second-order valence-electron chi connectivity index (χ2n) is 2.49. The monoisotopic (exact) mass is 179 g/mol. The maximum absolute atomic E-state index is 13.2. The normalized spacial score (nSPS) is 10.3. The van der Waals surface area contributed by atoms with Crippen LogP contribution in [0.3, 0.4) is 0 Å². The van der Waals surface area contributed by atoms with Crippen LogP contribution in [0.4, 0.5) is 10.1 Å². The maximum atomic E-state index is 13.2. The molecule has 4 heteroatoms. The summed E-state index contributed by atoms with van der Waals surface area (Å²) in [4.78, 5) is 0. The predicted molar refractivity (Wildman–Crippen MR) is 52.0 cm³/mol. The van der Waals surface area contributed by atoms with Gasteiger partial charge in [-0.25, -0.2) is 4.39 Å². The summed E-state index contributed by atoms with van der Waals surface area (Å²) in [6, 6.07) is 5.01. The lowest BCUT2D eigenvalue weighted by atomic mass is 10.2. The van der Waals surface area contributed by atoms with Gasteiger partial charge in [0.2, 0.25) is 0 Å². The van der Waals surface area contributed by atoms with E-state index in [9.17, 15) is 4.39 Å². The third-order valence-corrected chi connectivity index (χ3v) is 1.53. The molecule has 1 aromatic carbocycles. The molecule has 0 aliphatic rings. The van der Waals surface area contributed by atoms with Crippen LogP contribution in [0.15, 0.2) is 23.3 Å². The molecule has 1 rings (SSSR count). The largest absolute Gasteiger partial charge is 0.307 e. The van der Waals surface area contributed by atoms with Crippen molar-refractivity contribution < 1.29 is 4.39 Å². The van der Waals surface area contributed by atoms with Crippen LogP contribution < -0.4 is 5.43 Å². The van der Waals surface area contributed by atoms with Gasteiger partial charge < -0.3 is 5.41 Å². The number of hydrazone groups is 1. The van der Waals surface area contributed by atoms with Gasteiger partial charge in [0.05, 0.1) is 11.9 Å². The molecule has 2 N–H and O–H groups in total. The average molecular weight is 179 g/mol. The molecule has 0 unspecified atom stereocenters. The fraction of sp³-hybridized carbons (Fsp3) is 0.111. The Hall–Kier alpha value is -1.71. The van der Waals surface area contributed by atoms with Crippen LogP contribution in [-0.2, 0) is 0 Å². The highest BCUT2D eigenvalue weighted by Gasteiger charge is 2.01. The maximum Gasteiger partial charge on any atom is 0.151 e. The van der Waals surface area contributed by atoms with E-state index in [0.29, 0.717) is 11.3 Å². The fourth-order valence-electron chi connectivity index (χ4n) is 0.878. The van der Waals surface area contributed by atoms with Gasteiger partial charge in [-0.3, -0.25) is 5.43 Å². The number of nitrogens with zero attached hydrogens (tertiary/aromatic N) is 1. The Kier molecular flexibility index (Phi) is 3.14. The number of hydrogen-bond acceptors (Lipinski definition) is 3. The first-order valence-corrected chi connectivity index (χ1v) is 3.79. The lowest BCUT2D eigenvalue weighted by Crippen LogP contribution is -1.94. The summed E-state index contributed by atoms with van der Waals surface area (Å²) in [6.07, 6.45) is 2.25. The summed E-state index contributed by atoms with van der Waals surface area (Å²) >= 11 is 0. The number of benzene rings is 1. The smallest absolute Gasteiger partial charge is 0.151 e. The second-order valence-corrected chi connectivity index (χ2v) is 2.49. The van der Waals surface area contributed by atoms with Gasteiger partial charge in [-0.2, -0.15) is 5.10 Å². The van der Waals surface area contributed by atoms with Crippen LogP contribution in [0.5, 0.6) is 0 Å². The highest BCUT2D eigenvalue weighted by molar-refractivity contribution is 6.14. The van der Waals surface area contributed by atoms with Crippen molar-refractivity contribution in [3.63, 3.8) is 0 Å². The highest BCUT2D eigenvalue weighted by Crippen LogP contribution is 2.16. The third kappa shape index (κ3) is 2.37. The number of rotatable bonds is 3. The van der Waals surface area contributed by atoms with Crippen LogP contribution in [0.1, 0.15) is 5.56 Å². The Balaban J connectivity index is 2.82. The molecule has 0 atom stereocenters. The first-order valence-electron chi connectivity index (χ1n) is 3.79. The van der Waals surface area contributed by atoms with E-state index in [0.717, 1.165) is 6.21 Å². The van der Waals surface area contributed by atoms with Crippen molar-refractivity contribution >= 4 is 18.1 Å². The van der Waals surface area contributed by atoms with Crippen LogP contribution in [0.25, 0.3) is 0 Å². The van der Waals surface area contributed by atoms with Crippen LogP contribution in [0.2, 0.25) is 0 Å². The zero-order valence-electron chi connectivity index (χ0n) is 7.21. The number of hydrogen-bond donors (Lipinski definition) is 2. The third-order valence-electron chi connectivity index (χ3n) is 1.53. The van der Waals surface area contributed by atoms with Gasteiger partial charge in [-0.1, -0.05) is 12.1 Å². The van der Waals surface area contributed by atoms with E-state index in [1.807, 2.05) is 0 Å². The summed E-state index contributed by atoms with van der Waals surface area (Å²) in [6.45, 7) is 1.68. The molecule has 0 saturated carbocycles. The Labute approximate surface area is 75.8 Å². The van der Waals surface area contributed by atoms with Crippen molar-refractivity contribution in [2.75, 3.05) is 5.43 Å². The van der Waals surface area contributed by atoms with Crippen LogP contribution >= 0.6 is 0 Å². The van der Waals surface area contributed by atoms with Gasteiger partial charge >= 0.3 is 0 Å².